The topological polar surface area (TPSA) is 160 Å². The third kappa shape index (κ3) is 39.4. The van der Waals surface area contributed by atoms with E-state index in [0.29, 0.717) is 159 Å². The number of hydrogen-bond acceptors (Lipinski definition) is 15. The molecule has 0 aliphatic rings. The SMILES string of the molecule is COCCOCCOCCOCCOCCOCCOCCOCCOCCOCCOCCOCCOCC(O)CO. The molecule has 15 nitrogen and oxygen atoms in total. The van der Waals surface area contributed by atoms with Gasteiger partial charge in [0.25, 0.3) is 0 Å². The molecule has 260 valence electrons. The second-order valence-corrected chi connectivity index (χ2v) is 8.64. The highest BCUT2D eigenvalue weighted by molar-refractivity contribution is 4.48. The van der Waals surface area contributed by atoms with Gasteiger partial charge >= 0.3 is 0 Å². The van der Waals surface area contributed by atoms with Crippen LogP contribution in [0.4, 0.5) is 0 Å². The summed E-state index contributed by atoms with van der Waals surface area (Å²) in [6.07, 6.45) is -0.846. The highest BCUT2D eigenvalue weighted by atomic mass is 16.6. The number of rotatable bonds is 39. The molecule has 2 N–H and O–H groups in total. The lowest BCUT2D eigenvalue weighted by molar-refractivity contribution is -0.0327. The van der Waals surface area contributed by atoms with Gasteiger partial charge in [0.15, 0.2) is 0 Å². The summed E-state index contributed by atoms with van der Waals surface area (Å²) in [6.45, 7) is 11.8. The summed E-state index contributed by atoms with van der Waals surface area (Å²) in [7, 11) is 1.64. The molecule has 1 atom stereocenters. The van der Waals surface area contributed by atoms with Crippen molar-refractivity contribution in [2.45, 2.75) is 6.10 Å². The molecular weight excluding hydrogens is 576 g/mol. The Labute approximate surface area is 257 Å². The third-order valence-electron chi connectivity index (χ3n) is 5.04. The quantitative estimate of drug-likeness (QED) is 0.0807. The number of ether oxygens (including phenoxy) is 13. The standard InChI is InChI=1S/C28H58O15/c1-31-2-3-32-4-5-33-6-7-34-8-9-35-10-11-36-12-13-37-14-15-38-16-17-39-18-19-40-20-21-41-22-23-42-24-25-43-27-28(30)26-29/h28-30H,2-27H2,1H3. The van der Waals surface area contributed by atoms with E-state index in [4.69, 9.17) is 71.8 Å². The number of hydrogen-bond donors (Lipinski definition) is 2. The Morgan fingerprint density at radius 3 is 0.698 bits per heavy atom. The molecule has 0 aliphatic heterocycles. The second kappa shape index (κ2) is 39.4. The zero-order chi connectivity index (χ0) is 31.2. The van der Waals surface area contributed by atoms with E-state index in [1.807, 2.05) is 0 Å². The molecule has 0 saturated heterocycles. The van der Waals surface area contributed by atoms with Crippen molar-refractivity contribution in [3.63, 3.8) is 0 Å². The maximum Gasteiger partial charge on any atom is 0.100 e. The van der Waals surface area contributed by atoms with Crippen molar-refractivity contribution in [1.29, 1.82) is 0 Å². The monoisotopic (exact) mass is 634 g/mol. The van der Waals surface area contributed by atoms with Crippen LogP contribution in [0.25, 0.3) is 0 Å². The van der Waals surface area contributed by atoms with Gasteiger partial charge in [-0.25, -0.2) is 0 Å². The first-order chi connectivity index (χ1) is 21.3. The largest absolute Gasteiger partial charge is 0.394 e. The molecule has 0 aromatic rings. The molecule has 0 fully saturated rings. The molecule has 0 aromatic heterocycles. The lowest BCUT2D eigenvalue weighted by atomic mass is 10.4. The molecule has 0 heterocycles. The summed E-state index contributed by atoms with van der Waals surface area (Å²) >= 11 is 0. The fourth-order valence-corrected chi connectivity index (χ4v) is 2.83. The molecule has 0 rings (SSSR count). The minimum Gasteiger partial charge on any atom is -0.394 e. The van der Waals surface area contributed by atoms with Gasteiger partial charge in [0.05, 0.1) is 172 Å². The van der Waals surface area contributed by atoms with E-state index < -0.39 is 6.10 Å². The van der Waals surface area contributed by atoms with E-state index in [0.717, 1.165) is 0 Å². The van der Waals surface area contributed by atoms with Crippen LogP contribution in [0.2, 0.25) is 0 Å². The number of aliphatic hydroxyl groups is 2. The highest BCUT2D eigenvalue weighted by Gasteiger charge is 2.01. The van der Waals surface area contributed by atoms with Gasteiger partial charge in [0, 0.05) is 7.11 Å². The summed E-state index contributed by atoms with van der Waals surface area (Å²) in [5.74, 6) is 0. The number of methoxy groups -OCH3 is 1. The normalized spacial score (nSPS) is 12.3. The van der Waals surface area contributed by atoms with Crippen molar-refractivity contribution in [2.75, 3.05) is 179 Å². The minimum absolute atomic E-state index is 0.0961. The molecule has 0 aromatic carbocycles. The Morgan fingerprint density at radius 1 is 0.326 bits per heavy atom. The lowest BCUT2D eigenvalue weighted by Gasteiger charge is -2.09. The first-order valence-electron chi connectivity index (χ1n) is 15.0. The molecule has 15 heteroatoms. The fraction of sp³-hybridized carbons (Fsp3) is 1.00. The second-order valence-electron chi connectivity index (χ2n) is 8.64. The Kier molecular flexibility index (Phi) is 38.9. The maximum atomic E-state index is 9.11. The predicted octanol–water partition coefficient (Wildman–Crippen LogP) is -0.815. The van der Waals surface area contributed by atoms with E-state index >= 15 is 0 Å². The van der Waals surface area contributed by atoms with Gasteiger partial charge in [-0.3, -0.25) is 0 Å². The van der Waals surface area contributed by atoms with Crippen molar-refractivity contribution in [1.82, 2.24) is 0 Å². The zero-order valence-electron chi connectivity index (χ0n) is 26.2. The van der Waals surface area contributed by atoms with E-state index in [-0.39, 0.29) is 13.2 Å². The van der Waals surface area contributed by atoms with Crippen molar-refractivity contribution >= 4 is 0 Å². The lowest BCUT2D eigenvalue weighted by Crippen LogP contribution is -2.21. The van der Waals surface area contributed by atoms with Gasteiger partial charge in [-0.2, -0.15) is 0 Å². The van der Waals surface area contributed by atoms with Crippen LogP contribution in [-0.2, 0) is 61.6 Å². The predicted molar refractivity (Wildman–Crippen MR) is 155 cm³/mol. The first-order valence-corrected chi connectivity index (χ1v) is 15.0. The maximum absolute atomic E-state index is 9.11. The minimum atomic E-state index is -0.846. The summed E-state index contributed by atoms with van der Waals surface area (Å²) in [6, 6.07) is 0. The summed E-state index contributed by atoms with van der Waals surface area (Å²) in [5, 5.41) is 17.8. The highest BCUT2D eigenvalue weighted by Crippen LogP contribution is 1.88. The molecule has 0 saturated carbocycles. The van der Waals surface area contributed by atoms with Crippen LogP contribution < -0.4 is 0 Å². The summed E-state index contributed by atoms with van der Waals surface area (Å²) in [5.41, 5.74) is 0. The fourth-order valence-electron chi connectivity index (χ4n) is 2.83. The van der Waals surface area contributed by atoms with Gasteiger partial charge in [-0.05, 0) is 0 Å². The summed E-state index contributed by atoms with van der Waals surface area (Å²) in [4.78, 5) is 0. The molecule has 0 spiro atoms. The van der Waals surface area contributed by atoms with Gasteiger partial charge in [-0.15, -0.1) is 0 Å². The van der Waals surface area contributed by atoms with Crippen LogP contribution >= 0.6 is 0 Å². The number of aliphatic hydroxyl groups excluding tert-OH is 2. The van der Waals surface area contributed by atoms with Crippen LogP contribution in [0.1, 0.15) is 0 Å². The molecule has 0 bridgehead atoms. The van der Waals surface area contributed by atoms with Crippen molar-refractivity contribution in [3.8, 4) is 0 Å². The Hall–Kier alpha value is -0.600. The van der Waals surface area contributed by atoms with Gasteiger partial charge in [0.2, 0.25) is 0 Å². The smallest absolute Gasteiger partial charge is 0.100 e. The zero-order valence-corrected chi connectivity index (χ0v) is 26.2. The molecular formula is C28H58O15. The molecule has 0 amide bonds. The van der Waals surface area contributed by atoms with Crippen LogP contribution in [0.15, 0.2) is 0 Å². The van der Waals surface area contributed by atoms with E-state index in [1.54, 1.807) is 7.11 Å². The van der Waals surface area contributed by atoms with Crippen LogP contribution in [0.5, 0.6) is 0 Å². The third-order valence-corrected chi connectivity index (χ3v) is 5.04. The van der Waals surface area contributed by atoms with E-state index in [2.05, 4.69) is 0 Å². The van der Waals surface area contributed by atoms with Gasteiger partial charge < -0.3 is 71.8 Å². The summed E-state index contributed by atoms with van der Waals surface area (Å²) < 4.78 is 69.5. The molecule has 0 radical (unpaired) electrons. The average Bonchev–Trinajstić information content (AvgIpc) is 3.02. The van der Waals surface area contributed by atoms with E-state index in [1.165, 1.54) is 0 Å². The van der Waals surface area contributed by atoms with E-state index in [9.17, 15) is 0 Å². The Bertz CT molecular complexity index is 493. The Morgan fingerprint density at radius 2 is 0.512 bits per heavy atom. The average molecular weight is 635 g/mol. The first kappa shape index (κ1) is 42.4. The van der Waals surface area contributed by atoms with Crippen molar-refractivity contribution < 1.29 is 71.8 Å². The molecule has 0 aliphatic carbocycles. The van der Waals surface area contributed by atoms with Crippen molar-refractivity contribution in [3.05, 3.63) is 0 Å². The van der Waals surface area contributed by atoms with Gasteiger partial charge in [-0.1, -0.05) is 0 Å². The Balaban J connectivity index is 3.04. The van der Waals surface area contributed by atoms with Crippen LogP contribution in [-0.4, -0.2) is 195 Å². The molecule has 1 unspecified atom stereocenters. The van der Waals surface area contributed by atoms with Gasteiger partial charge in [0.1, 0.15) is 6.10 Å². The molecule has 43 heavy (non-hydrogen) atoms. The van der Waals surface area contributed by atoms with Crippen LogP contribution in [0, 0.1) is 0 Å². The van der Waals surface area contributed by atoms with Crippen molar-refractivity contribution in [2.24, 2.45) is 0 Å². The van der Waals surface area contributed by atoms with Crippen LogP contribution in [0.3, 0.4) is 0 Å².